The third-order valence-corrected chi connectivity index (χ3v) is 6.33. The van der Waals surface area contributed by atoms with Gasteiger partial charge in [0.25, 0.3) is 0 Å². The number of nitrogens with one attached hydrogen (secondary N) is 1. The number of carboxylic acid groups (broad SMARTS) is 1. The average Bonchev–Trinajstić information content (AvgIpc) is 3.19. The first-order valence-electron chi connectivity index (χ1n) is 8.19. The topological polar surface area (TPSA) is 66.4 Å². The zero-order valence-electron chi connectivity index (χ0n) is 12.7. The molecule has 2 N–H and O–H groups in total. The molecule has 3 rings (SSSR count). The summed E-state index contributed by atoms with van der Waals surface area (Å²) in [7, 11) is 0. The molecule has 0 saturated heterocycles. The van der Waals surface area contributed by atoms with Gasteiger partial charge in [-0.1, -0.05) is 25.3 Å². The summed E-state index contributed by atoms with van der Waals surface area (Å²) < 4.78 is 0. The minimum atomic E-state index is -0.734. The number of carbonyl (C=O) groups is 2. The van der Waals surface area contributed by atoms with Gasteiger partial charge in [0.1, 0.15) is 0 Å². The summed E-state index contributed by atoms with van der Waals surface area (Å²) in [5.74, 6) is -0.914. The van der Waals surface area contributed by atoms with Gasteiger partial charge in [-0.25, -0.2) is 0 Å². The van der Waals surface area contributed by atoms with Gasteiger partial charge in [-0.2, -0.15) is 0 Å². The van der Waals surface area contributed by atoms with Gasteiger partial charge in [0.05, 0.1) is 11.3 Å². The van der Waals surface area contributed by atoms with E-state index in [1.807, 2.05) is 11.4 Å². The third kappa shape index (κ3) is 2.91. The van der Waals surface area contributed by atoms with E-state index >= 15 is 0 Å². The molecule has 120 valence electrons. The van der Waals surface area contributed by atoms with Gasteiger partial charge in [-0.15, -0.1) is 11.3 Å². The molecule has 0 unspecified atom stereocenters. The first kappa shape index (κ1) is 15.5. The highest BCUT2D eigenvalue weighted by molar-refractivity contribution is 7.10. The standard InChI is InChI=1S/C17H23NO3S/c19-15(20)12-6-7-13(11-12)18-16(21)17(8-2-1-3-9-17)14-5-4-10-22-14/h4-5,10,12-13H,1-3,6-9,11H2,(H,18,21)(H,19,20)/t12-,13+/m1/s1. The second-order valence-corrected chi connectivity index (χ2v) is 7.59. The van der Waals surface area contributed by atoms with Gasteiger partial charge in [0.2, 0.25) is 5.91 Å². The number of amides is 1. The normalized spacial score (nSPS) is 27.5. The molecule has 0 bridgehead atoms. The lowest BCUT2D eigenvalue weighted by Gasteiger charge is -2.36. The number of rotatable bonds is 4. The summed E-state index contributed by atoms with van der Waals surface area (Å²) in [6.07, 6.45) is 7.23. The minimum absolute atomic E-state index is 0.0207. The van der Waals surface area contributed by atoms with Crippen LogP contribution in [0.25, 0.3) is 0 Å². The molecule has 4 nitrogen and oxygen atoms in total. The van der Waals surface area contributed by atoms with Crippen LogP contribution in [0.3, 0.4) is 0 Å². The summed E-state index contributed by atoms with van der Waals surface area (Å²) in [6, 6.07) is 4.11. The lowest BCUT2D eigenvalue weighted by molar-refractivity contribution is -0.141. The van der Waals surface area contributed by atoms with Crippen LogP contribution >= 0.6 is 11.3 Å². The molecule has 5 heteroatoms. The van der Waals surface area contributed by atoms with Crippen LogP contribution in [0.5, 0.6) is 0 Å². The van der Waals surface area contributed by atoms with Crippen LogP contribution in [0.4, 0.5) is 0 Å². The second-order valence-electron chi connectivity index (χ2n) is 6.64. The SMILES string of the molecule is O=C(O)[C@@H]1CC[C@H](NC(=O)C2(c3cccs3)CCCCC2)C1. The predicted molar refractivity (Wildman–Crippen MR) is 86.0 cm³/mol. The molecule has 1 amide bonds. The first-order valence-corrected chi connectivity index (χ1v) is 9.07. The largest absolute Gasteiger partial charge is 0.481 e. The van der Waals surface area contributed by atoms with E-state index < -0.39 is 5.97 Å². The van der Waals surface area contributed by atoms with Gasteiger partial charge in [0.15, 0.2) is 0 Å². The number of hydrogen-bond donors (Lipinski definition) is 2. The molecule has 2 saturated carbocycles. The van der Waals surface area contributed by atoms with Crippen molar-refractivity contribution in [1.82, 2.24) is 5.32 Å². The highest BCUT2D eigenvalue weighted by Crippen LogP contribution is 2.42. The molecule has 2 aliphatic rings. The summed E-state index contributed by atoms with van der Waals surface area (Å²) in [6.45, 7) is 0. The van der Waals surface area contributed by atoms with Gasteiger partial charge in [-0.3, -0.25) is 9.59 Å². The third-order valence-electron chi connectivity index (χ3n) is 5.25. The number of thiophene rings is 1. The van der Waals surface area contributed by atoms with Crippen LogP contribution in [0.1, 0.15) is 56.2 Å². The van der Waals surface area contributed by atoms with E-state index in [4.69, 9.17) is 5.11 Å². The highest BCUT2D eigenvalue weighted by Gasteiger charge is 2.43. The Bertz CT molecular complexity index is 534. The van der Waals surface area contributed by atoms with Crippen molar-refractivity contribution in [1.29, 1.82) is 0 Å². The van der Waals surface area contributed by atoms with Crippen LogP contribution in [-0.4, -0.2) is 23.0 Å². The van der Waals surface area contributed by atoms with Crippen molar-refractivity contribution >= 4 is 23.2 Å². The van der Waals surface area contributed by atoms with E-state index in [0.29, 0.717) is 12.8 Å². The summed E-state index contributed by atoms with van der Waals surface area (Å²) >= 11 is 1.67. The number of carboxylic acids is 1. The van der Waals surface area contributed by atoms with E-state index in [1.54, 1.807) is 11.3 Å². The Balaban J connectivity index is 1.72. The average molecular weight is 321 g/mol. The number of carbonyl (C=O) groups excluding carboxylic acids is 1. The second kappa shape index (κ2) is 6.41. The van der Waals surface area contributed by atoms with Crippen LogP contribution in [0, 0.1) is 5.92 Å². The molecule has 2 fully saturated rings. The number of aliphatic carboxylic acids is 1. The molecule has 1 aromatic rings. The van der Waals surface area contributed by atoms with Crippen LogP contribution in [0.15, 0.2) is 17.5 Å². The Morgan fingerprint density at radius 3 is 2.59 bits per heavy atom. The Labute approximate surface area is 134 Å². The molecule has 0 aromatic carbocycles. The summed E-state index contributed by atoms with van der Waals surface area (Å²) in [5.41, 5.74) is -0.381. The quantitative estimate of drug-likeness (QED) is 0.894. The smallest absolute Gasteiger partial charge is 0.306 e. The highest BCUT2D eigenvalue weighted by atomic mass is 32.1. The molecule has 1 aromatic heterocycles. The molecule has 2 aliphatic carbocycles. The summed E-state index contributed by atoms with van der Waals surface area (Å²) in [5, 5.41) is 14.3. The van der Waals surface area contributed by atoms with Crippen molar-refractivity contribution in [2.45, 2.75) is 62.8 Å². The van der Waals surface area contributed by atoms with Crippen molar-refractivity contribution in [3.63, 3.8) is 0 Å². The molecule has 0 aliphatic heterocycles. The molecule has 22 heavy (non-hydrogen) atoms. The Hall–Kier alpha value is -1.36. The maximum Gasteiger partial charge on any atom is 0.306 e. The maximum absolute atomic E-state index is 13.0. The molecule has 0 spiro atoms. The van der Waals surface area contributed by atoms with E-state index in [0.717, 1.165) is 37.0 Å². The summed E-state index contributed by atoms with van der Waals surface area (Å²) in [4.78, 5) is 25.2. The lowest BCUT2D eigenvalue weighted by Crippen LogP contribution is -2.48. The van der Waals surface area contributed by atoms with Crippen LogP contribution in [0.2, 0.25) is 0 Å². The fourth-order valence-electron chi connectivity index (χ4n) is 3.95. The van der Waals surface area contributed by atoms with Crippen LogP contribution in [-0.2, 0) is 15.0 Å². The van der Waals surface area contributed by atoms with Crippen molar-refractivity contribution < 1.29 is 14.7 Å². The number of hydrogen-bond acceptors (Lipinski definition) is 3. The fourth-order valence-corrected chi connectivity index (χ4v) is 4.94. The van der Waals surface area contributed by atoms with Gasteiger partial charge in [-0.05, 0) is 43.6 Å². The molecular weight excluding hydrogens is 298 g/mol. The van der Waals surface area contributed by atoms with E-state index in [9.17, 15) is 9.59 Å². The Morgan fingerprint density at radius 1 is 1.23 bits per heavy atom. The van der Waals surface area contributed by atoms with Gasteiger partial charge >= 0.3 is 5.97 Å². The van der Waals surface area contributed by atoms with Crippen molar-refractivity contribution in [2.75, 3.05) is 0 Å². The Morgan fingerprint density at radius 2 is 2.00 bits per heavy atom. The predicted octanol–water partition coefficient (Wildman–Crippen LogP) is 3.32. The van der Waals surface area contributed by atoms with Crippen molar-refractivity contribution in [3.05, 3.63) is 22.4 Å². The molecular formula is C17H23NO3S. The van der Waals surface area contributed by atoms with Gasteiger partial charge in [0, 0.05) is 10.9 Å². The van der Waals surface area contributed by atoms with E-state index in [-0.39, 0.29) is 23.3 Å². The monoisotopic (exact) mass is 321 g/mol. The molecule has 1 heterocycles. The zero-order chi connectivity index (χ0) is 15.6. The first-order chi connectivity index (χ1) is 10.6. The fraction of sp³-hybridized carbons (Fsp3) is 0.647. The van der Waals surface area contributed by atoms with E-state index in [2.05, 4.69) is 11.4 Å². The molecule has 2 atom stereocenters. The minimum Gasteiger partial charge on any atom is -0.481 e. The van der Waals surface area contributed by atoms with Gasteiger partial charge < -0.3 is 10.4 Å². The van der Waals surface area contributed by atoms with Crippen molar-refractivity contribution in [3.8, 4) is 0 Å². The van der Waals surface area contributed by atoms with Crippen LogP contribution < -0.4 is 5.32 Å². The molecule has 0 radical (unpaired) electrons. The van der Waals surface area contributed by atoms with E-state index in [1.165, 1.54) is 6.42 Å². The maximum atomic E-state index is 13.0. The Kier molecular flexibility index (Phi) is 4.52. The zero-order valence-corrected chi connectivity index (χ0v) is 13.5. The van der Waals surface area contributed by atoms with Crippen molar-refractivity contribution in [2.24, 2.45) is 5.92 Å². The lowest BCUT2D eigenvalue weighted by atomic mass is 9.72.